The molecule has 0 aromatic rings. The molecular formula is C11H20O4. The van der Waals surface area contributed by atoms with E-state index in [1.807, 2.05) is 6.92 Å². The van der Waals surface area contributed by atoms with Gasteiger partial charge in [-0.1, -0.05) is 13.0 Å². The van der Waals surface area contributed by atoms with E-state index >= 15 is 0 Å². The van der Waals surface area contributed by atoms with Gasteiger partial charge in [0.05, 0.1) is 6.10 Å². The Morgan fingerprint density at radius 3 is 2.33 bits per heavy atom. The molecule has 4 nitrogen and oxygen atoms in total. The van der Waals surface area contributed by atoms with Crippen LogP contribution in [0.2, 0.25) is 0 Å². The molecule has 0 aliphatic carbocycles. The first-order chi connectivity index (χ1) is 6.91. The zero-order chi connectivity index (χ0) is 11.6. The first kappa shape index (κ1) is 12.6. The molecule has 0 aromatic carbocycles. The number of ether oxygens (including phenoxy) is 2. The van der Waals surface area contributed by atoms with Gasteiger partial charge in [-0.15, -0.1) is 6.58 Å². The fourth-order valence-corrected chi connectivity index (χ4v) is 1.75. The molecule has 1 aliphatic rings. The molecule has 0 bridgehead atoms. The Balaban J connectivity index is 2.78. The topological polar surface area (TPSA) is 58.9 Å². The molecule has 15 heavy (non-hydrogen) atoms. The molecule has 4 atom stereocenters. The van der Waals surface area contributed by atoms with Crippen molar-refractivity contribution in [1.82, 2.24) is 0 Å². The van der Waals surface area contributed by atoms with Crippen LogP contribution in [-0.2, 0) is 9.47 Å². The summed E-state index contributed by atoms with van der Waals surface area (Å²) in [4.78, 5) is 0. The minimum atomic E-state index is -0.821. The molecule has 1 saturated heterocycles. The predicted molar refractivity (Wildman–Crippen MR) is 56.3 cm³/mol. The Hall–Kier alpha value is -0.420. The molecule has 0 spiro atoms. The number of aliphatic hydroxyl groups excluding tert-OH is 2. The number of hydrogen-bond acceptors (Lipinski definition) is 4. The third kappa shape index (κ3) is 2.78. The van der Waals surface area contributed by atoms with Crippen LogP contribution in [-0.4, -0.2) is 40.4 Å². The Kier molecular flexibility index (Phi) is 3.89. The maximum absolute atomic E-state index is 9.75. The average molecular weight is 216 g/mol. The fraction of sp³-hybridized carbons (Fsp3) is 0.818. The third-order valence-electron chi connectivity index (χ3n) is 2.54. The smallest absolute Gasteiger partial charge is 0.164 e. The van der Waals surface area contributed by atoms with Crippen LogP contribution in [0.25, 0.3) is 0 Å². The first-order valence-electron chi connectivity index (χ1n) is 5.25. The van der Waals surface area contributed by atoms with Crippen LogP contribution in [0.15, 0.2) is 12.7 Å². The van der Waals surface area contributed by atoms with E-state index in [1.165, 1.54) is 6.08 Å². The molecule has 88 valence electrons. The molecule has 0 radical (unpaired) electrons. The van der Waals surface area contributed by atoms with Gasteiger partial charge < -0.3 is 19.7 Å². The van der Waals surface area contributed by atoms with Crippen molar-refractivity contribution in [3.8, 4) is 0 Å². The highest BCUT2D eigenvalue weighted by Crippen LogP contribution is 2.32. The van der Waals surface area contributed by atoms with Crippen molar-refractivity contribution >= 4 is 0 Å². The summed E-state index contributed by atoms with van der Waals surface area (Å²) < 4.78 is 11.1. The van der Waals surface area contributed by atoms with Crippen molar-refractivity contribution in [2.24, 2.45) is 0 Å². The first-order valence-corrected chi connectivity index (χ1v) is 5.25. The van der Waals surface area contributed by atoms with Gasteiger partial charge in [0.1, 0.15) is 18.3 Å². The SMILES string of the molecule is C=CC(O)[C@@H]1OC(C)(C)O[C@@H]1C(O)CC. The summed E-state index contributed by atoms with van der Waals surface area (Å²) in [6.07, 6.45) is -0.551. The average Bonchev–Trinajstić information content (AvgIpc) is 2.52. The molecule has 4 heteroatoms. The Labute approximate surface area is 90.5 Å². The Morgan fingerprint density at radius 1 is 1.33 bits per heavy atom. The van der Waals surface area contributed by atoms with Crippen molar-refractivity contribution in [1.29, 1.82) is 0 Å². The lowest BCUT2D eigenvalue weighted by Gasteiger charge is -2.23. The van der Waals surface area contributed by atoms with Gasteiger partial charge in [-0.2, -0.15) is 0 Å². The highest BCUT2D eigenvalue weighted by atomic mass is 16.8. The second kappa shape index (κ2) is 4.61. The zero-order valence-electron chi connectivity index (χ0n) is 9.51. The predicted octanol–water partition coefficient (Wildman–Crippen LogP) is 0.824. The second-order valence-electron chi connectivity index (χ2n) is 4.27. The van der Waals surface area contributed by atoms with E-state index in [0.717, 1.165) is 0 Å². The van der Waals surface area contributed by atoms with Crippen molar-refractivity contribution in [3.63, 3.8) is 0 Å². The summed E-state index contributed by atoms with van der Waals surface area (Å²) in [5.74, 6) is -0.768. The zero-order valence-corrected chi connectivity index (χ0v) is 9.51. The molecule has 2 unspecified atom stereocenters. The van der Waals surface area contributed by atoms with E-state index in [0.29, 0.717) is 6.42 Å². The van der Waals surface area contributed by atoms with E-state index in [9.17, 15) is 10.2 Å². The third-order valence-corrected chi connectivity index (χ3v) is 2.54. The van der Waals surface area contributed by atoms with E-state index in [2.05, 4.69) is 6.58 Å². The van der Waals surface area contributed by atoms with E-state index in [-0.39, 0.29) is 0 Å². The van der Waals surface area contributed by atoms with Gasteiger partial charge in [-0.3, -0.25) is 0 Å². The standard InChI is InChI=1S/C11H20O4/c1-5-7(12)9-10(8(13)6-2)15-11(3,4)14-9/h5,7-10,12-13H,1,6H2,2-4H3/t7?,8?,9-,10+/m0/s1. The van der Waals surface area contributed by atoms with Gasteiger partial charge in [0.2, 0.25) is 0 Å². The van der Waals surface area contributed by atoms with Crippen molar-refractivity contribution < 1.29 is 19.7 Å². The lowest BCUT2D eigenvalue weighted by atomic mass is 10.0. The highest BCUT2D eigenvalue weighted by molar-refractivity contribution is 4.96. The largest absolute Gasteiger partial charge is 0.390 e. The maximum atomic E-state index is 9.75. The summed E-state index contributed by atoms with van der Waals surface area (Å²) in [6, 6.07) is 0. The molecule has 0 saturated carbocycles. The van der Waals surface area contributed by atoms with Gasteiger partial charge in [-0.05, 0) is 20.3 Å². The number of rotatable bonds is 4. The van der Waals surface area contributed by atoms with E-state index < -0.39 is 30.2 Å². The quantitative estimate of drug-likeness (QED) is 0.683. The highest BCUT2D eigenvalue weighted by Gasteiger charge is 2.46. The molecule has 1 aliphatic heterocycles. The lowest BCUT2D eigenvalue weighted by molar-refractivity contribution is -0.159. The molecular weight excluding hydrogens is 196 g/mol. The summed E-state index contributed by atoms with van der Waals surface area (Å²) >= 11 is 0. The summed E-state index contributed by atoms with van der Waals surface area (Å²) in [5, 5.41) is 19.4. The molecule has 1 heterocycles. The minimum Gasteiger partial charge on any atom is -0.390 e. The van der Waals surface area contributed by atoms with Gasteiger partial charge >= 0.3 is 0 Å². The molecule has 0 amide bonds. The van der Waals surface area contributed by atoms with Gasteiger partial charge in [0.25, 0.3) is 0 Å². The minimum absolute atomic E-state index is 0.502. The number of aliphatic hydroxyl groups is 2. The number of hydrogen-bond donors (Lipinski definition) is 2. The van der Waals surface area contributed by atoms with Gasteiger partial charge in [0, 0.05) is 0 Å². The summed E-state index contributed by atoms with van der Waals surface area (Å²) in [5.41, 5.74) is 0. The summed E-state index contributed by atoms with van der Waals surface area (Å²) in [7, 11) is 0. The molecule has 1 rings (SSSR count). The molecule has 1 fully saturated rings. The van der Waals surface area contributed by atoms with Gasteiger partial charge in [-0.25, -0.2) is 0 Å². The summed E-state index contributed by atoms with van der Waals surface area (Å²) in [6.45, 7) is 8.89. The van der Waals surface area contributed by atoms with Crippen molar-refractivity contribution in [2.45, 2.75) is 57.4 Å². The maximum Gasteiger partial charge on any atom is 0.164 e. The van der Waals surface area contributed by atoms with Crippen molar-refractivity contribution in [3.05, 3.63) is 12.7 Å². The normalized spacial score (nSPS) is 33.7. The van der Waals surface area contributed by atoms with Gasteiger partial charge in [0.15, 0.2) is 5.79 Å². The Bertz CT molecular complexity index is 227. The van der Waals surface area contributed by atoms with Crippen LogP contribution in [0.3, 0.4) is 0 Å². The van der Waals surface area contributed by atoms with Crippen molar-refractivity contribution in [2.75, 3.05) is 0 Å². The van der Waals surface area contributed by atoms with Crippen LogP contribution in [0.1, 0.15) is 27.2 Å². The van der Waals surface area contributed by atoms with Crippen LogP contribution < -0.4 is 0 Å². The lowest BCUT2D eigenvalue weighted by Crippen LogP contribution is -2.41. The molecule has 0 aromatic heterocycles. The van der Waals surface area contributed by atoms with Crippen LogP contribution in [0, 0.1) is 0 Å². The van der Waals surface area contributed by atoms with Crippen LogP contribution in [0.5, 0.6) is 0 Å². The fourth-order valence-electron chi connectivity index (χ4n) is 1.75. The molecule has 2 N–H and O–H groups in total. The van der Waals surface area contributed by atoms with E-state index in [1.54, 1.807) is 13.8 Å². The Morgan fingerprint density at radius 2 is 1.87 bits per heavy atom. The monoisotopic (exact) mass is 216 g/mol. The van der Waals surface area contributed by atoms with Crippen LogP contribution >= 0.6 is 0 Å². The second-order valence-corrected chi connectivity index (χ2v) is 4.27. The van der Waals surface area contributed by atoms with Crippen LogP contribution in [0.4, 0.5) is 0 Å². The van der Waals surface area contributed by atoms with E-state index in [4.69, 9.17) is 9.47 Å².